The van der Waals surface area contributed by atoms with Crippen LogP contribution in [0.25, 0.3) is 0 Å². The molecule has 1 amide bonds. The fourth-order valence-electron chi connectivity index (χ4n) is 2.17. The molecular weight excluding hydrogens is 294 g/mol. The lowest BCUT2D eigenvalue weighted by atomic mass is 10.1. The van der Waals surface area contributed by atoms with Crippen molar-refractivity contribution >= 4 is 12.0 Å². The molecule has 0 spiro atoms. The number of amides is 1. The molecule has 1 heterocycles. The number of ether oxygens (including phenoxy) is 1. The number of nitrogens with one attached hydrogen (secondary N) is 2. The van der Waals surface area contributed by atoms with Gasteiger partial charge in [-0.3, -0.25) is 15.1 Å². The number of nitrogens with zero attached hydrogens (tertiary/aromatic N) is 1. The Balaban J connectivity index is 1.97. The van der Waals surface area contributed by atoms with Crippen molar-refractivity contribution in [2.45, 2.75) is 39.7 Å². The Hall–Kier alpha value is -2.63. The lowest BCUT2D eigenvalue weighted by Crippen LogP contribution is -2.22. The Kier molecular flexibility index (Phi) is 5.91. The van der Waals surface area contributed by atoms with Crippen molar-refractivity contribution in [2.75, 3.05) is 5.32 Å². The van der Waals surface area contributed by atoms with Crippen molar-refractivity contribution < 1.29 is 9.53 Å². The predicted molar refractivity (Wildman–Crippen MR) is 88.5 cm³/mol. The second kappa shape index (κ2) is 8.12. The Morgan fingerprint density at radius 1 is 1.30 bits per heavy atom. The molecule has 122 valence electrons. The summed E-state index contributed by atoms with van der Waals surface area (Å²) in [6, 6.07) is 9.35. The van der Waals surface area contributed by atoms with E-state index in [-0.39, 0.29) is 18.1 Å². The molecule has 0 aliphatic heterocycles. The normalized spacial score (nSPS) is 10.3. The summed E-state index contributed by atoms with van der Waals surface area (Å²) in [6.07, 6.45) is 1.96. The monoisotopic (exact) mass is 315 g/mol. The minimum absolute atomic E-state index is 0.103. The van der Waals surface area contributed by atoms with Crippen LogP contribution in [0.3, 0.4) is 0 Å². The number of hydrogen-bond acceptors (Lipinski definition) is 4. The van der Waals surface area contributed by atoms with Gasteiger partial charge in [-0.2, -0.15) is 0 Å². The maximum absolute atomic E-state index is 12.0. The molecule has 0 saturated heterocycles. The smallest absolute Gasteiger partial charge is 0.414 e. The number of unbranched alkanes of at least 4 members (excludes halogenated alkanes) is 1. The first-order valence-corrected chi connectivity index (χ1v) is 7.67. The van der Waals surface area contributed by atoms with E-state index in [9.17, 15) is 9.59 Å². The maximum atomic E-state index is 12.0. The second-order valence-electron chi connectivity index (χ2n) is 5.27. The summed E-state index contributed by atoms with van der Waals surface area (Å²) in [5.74, 6) is 0.103. The highest BCUT2D eigenvalue weighted by Crippen LogP contribution is 2.07. The molecule has 0 radical (unpaired) electrons. The van der Waals surface area contributed by atoms with E-state index in [4.69, 9.17) is 4.74 Å². The van der Waals surface area contributed by atoms with Crippen molar-refractivity contribution in [3.63, 3.8) is 0 Å². The van der Waals surface area contributed by atoms with E-state index in [2.05, 4.69) is 22.2 Å². The van der Waals surface area contributed by atoms with Crippen LogP contribution < -0.4 is 10.9 Å². The van der Waals surface area contributed by atoms with E-state index in [0.29, 0.717) is 17.7 Å². The highest BCUT2D eigenvalue weighted by Gasteiger charge is 2.10. The van der Waals surface area contributed by atoms with Crippen LogP contribution in [0, 0.1) is 6.92 Å². The minimum Gasteiger partial charge on any atom is -0.444 e. The second-order valence-corrected chi connectivity index (χ2v) is 5.27. The summed E-state index contributed by atoms with van der Waals surface area (Å²) in [5, 5.41) is 2.45. The van der Waals surface area contributed by atoms with Crippen LogP contribution in [0.4, 0.5) is 10.7 Å². The Labute approximate surface area is 134 Å². The number of aromatic nitrogens is 2. The van der Waals surface area contributed by atoms with Gasteiger partial charge in [0.05, 0.1) is 0 Å². The first-order chi connectivity index (χ1) is 11.1. The van der Waals surface area contributed by atoms with Crippen molar-refractivity contribution in [1.82, 2.24) is 9.97 Å². The van der Waals surface area contributed by atoms with Crippen molar-refractivity contribution in [3.8, 4) is 0 Å². The van der Waals surface area contributed by atoms with Crippen LogP contribution in [0.2, 0.25) is 0 Å². The number of anilines is 1. The van der Waals surface area contributed by atoms with Gasteiger partial charge in [-0.05, 0) is 25.3 Å². The summed E-state index contributed by atoms with van der Waals surface area (Å²) in [6.45, 7) is 3.99. The fraction of sp³-hybridized carbons (Fsp3) is 0.353. The first-order valence-electron chi connectivity index (χ1n) is 7.67. The van der Waals surface area contributed by atoms with Crippen LogP contribution in [0.15, 0.2) is 35.1 Å². The summed E-state index contributed by atoms with van der Waals surface area (Å²) in [7, 11) is 0. The molecule has 0 bridgehead atoms. The summed E-state index contributed by atoms with van der Waals surface area (Å²) in [4.78, 5) is 30.6. The van der Waals surface area contributed by atoms with Gasteiger partial charge in [-0.25, -0.2) is 9.78 Å². The molecule has 1 aromatic carbocycles. The molecule has 0 fully saturated rings. The van der Waals surface area contributed by atoms with E-state index >= 15 is 0 Å². The van der Waals surface area contributed by atoms with Gasteiger partial charge < -0.3 is 4.74 Å². The van der Waals surface area contributed by atoms with Gasteiger partial charge in [0.25, 0.3) is 5.56 Å². The lowest BCUT2D eigenvalue weighted by molar-refractivity contribution is 0.155. The molecule has 2 aromatic rings. The third kappa shape index (κ3) is 4.95. The van der Waals surface area contributed by atoms with E-state index < -0.39 is 6.09 Å². The average molecular weight is 315 g/mol. The summed E-state index contributed by atoms with van der Waals surface area (Å²) in [5.41, 5.74) is 1.95. The van der Waals surface area contributed by atoms with Crippen LogP contribution in [-0.2, 0) is 17.8 Å². The number of aromatic amines is 1. The Morgan fingerprint density at radius 3 is 2.70 bits per heavy atom. The largest absolute Gasteiger partial charge is 0.444 e. The molecule has 1 aromatic heterocycles. The molecule has 0 aliphatic rings. The van der Waals surface area contributed by atoms with E-state index in [1.54, 1.807) is 6.92 Å². The van der Waals surface area contributed by atoms with E-state index in [0.717, 1.165) is 18.4 Å². The molecular formula is C17H21N3O3. The molecule has 0 atom stereocenters. The average Bonchev–Trinajstić information content (AvgIpc) is 2.53. The number of carbonyl (C=O) groups is 1. The summed E-state index contributed by atoms with van der Waals surface area (Å²) >= 11 is 0. The molecule has 0 aliphatic carbocycles. The molecule has 6 nitrogen and oxygen atoms in total. The third-order valence-corrected chi connectivity index (χ3v) is 3.44. The van der Waals surface area contributed by atoms with Crippen LogP contribution in [0.5, 0.6) is 0 Å². The van der Waals surface area contributed by atoms with Gasteiger partial charge >= 0.3 is 6.09 Å². The number of carbonyl (C=O) groups excluding carboxylic acids is 1. The Morgan fingerprint density at radius 2 is 2.04 bits per heavy atom. The topological polar surface area (TPSA) is 84.1 Å². The van der Waals surface area contributed by atoms with E-state index in [1.165, 1.54) is 0 Å². The van der Waals surface area contributed by atoms with Crippen LogP contribution in [0.1, 0.15) is 36.6 Å². The fourth-order valence-corrected chi connectivity index (χ4v) is 2.17. The molecule has 6 heteroatoms. The number of rotatable bonds is 6. The van der Waals surface area contributed by atoms with Gasteiger partial charge in [0.2, 0.25) is 5.95 Å². The predicted octanol–water partition coefficient (Wildman–Crippen LogP) is 3.17. The number of hydrogen-bond donors (Lipinski definition) is 2. The van der Waals surface area contributed by atoms with Gasteiger partial charge in [-0.1, -0.05) is 43.7 Å². The zero-order valence-electron chi connectivity index (χ0n) is 13.4. The molecule has 2 rings (SSSR count). The first kappa shape index (κ1) is 16.7. The SMILES string of the molecule is CCCCc1c(C)nc(NC(=O)OCc2ccccc2)[nH]c1=O. The highest BCUT2D eigenvalue weighted by molar-refractivity contribution is 5.82. The maximum Gasteiger partial charge on any atom is 0.414 e. The third-order valence-electron chi connectivity index (χ3n) is 3.44. The van der Waals surface area contributed by atoms with Gasteiger partial charge in [-0.15, -0.1) is 0 Å². The Bertz CT molecular complexity index is 711. The van der Waals surface area contributed by atoms with Gasteiger partial charge in [0.15, 0.2) is 0 Å². The molecule has 23 heavy (non-hydrogen) atoms. The number of H-pyrrole nitrogens is 1. The molecule has 0 saturated carbocycles. The minimum atomic E-state index is -0.655. The standard InChI is InChI=1S/C17H21N3O3/c1-3-4-10-14-12(2)18-16(19-15(14)21)20-17(22)23-11-13-8-6-5-7-9-13/h5-9H,3-4,10-11H2,1-2H3,(H2,18,19,20,21,22). The number of aryl methyl sites for hydroxylation is 1. The van der Waals surface area contributed by atoms with Crippen molar-refractivity contribution in [3.05, 3.63) is 57.5 Å². The molecule has 2 N–H and O–H groups in total. The van der Waals surface area contributed by atoms with Crippen molar-refractivity contribution in [1.29, 1.82) is 0 Å². The van der Waals surface area contributed by atoms with Crippen LogP contribution in [-0.4, -0.2) is 16.1 Å². The van der Waals surface area contributed by atoms with Crippen LogP contribution >= 0.6 is 0 Å². The van der Waals surface area contributed by atoms with Gasteiger partial charge in [0.1, 0.15) is 6.61 Å². The van der Waals surface area contributed by atoms with Gasteiger partial charge in [0, 0.05) is 11.3 Å². The summed E-state index contributed by atoms with van der Waals surface area (Å²) < 4.78 is 5.09. The van der Waals surface area contributed by atoms with Crippen molar-refractivity contribution in [2.24, 2.45) is 0 Å². The zero-order chi connectivity index (χ0) is 16.7. The lowest BCUT2D eigenvalue weighted by Gasteiger charge is -2.09. The quantitative estimate of drug-likeness (QED) is 0.857. The molecule has 0 unspecified atom stereocenters. The van der Waals surface area contributed by atoms with E-state index in [1.807, 2.05) is 30.3 Å². The number of benzene rings is 1. The highest BCUT2D eigenvalue weighted by atomic mass is 16.5. The zero-order valence-corrected chi connectivity index (χ0v) is 13.4.